The van der Waals surface area contributed by atoms with Gasteiger partial charge in [0.15, 0.2) is 10.9 Å². The molecule has 9 heteroatoms. The minimum absolute atomic E-state index is 0.00924. The Morgan fingerprint density at radius 1 is 1.00 bits per heavy atom. The summed E-state index contributed by atoms with van der Waals surface area (Å²) >= 11 is 1.02. The summed E-state index contributed by atoms with van der Waals surface area (Å²) in [5.41, 5.74) is 2.11. The van der Waals surface area contributed by atoms with E-state index in [1.54, 1.807) is 30.6 Å². The zero-order valence-electron chi connectivity index (χ0n) is 15.9. The maximum Gasteiger partial charge on any atom is 0.280 e. The van der Waals surface area contributed by atoms with Gasteiger partial charge in [-0.25, -0.2) is 18.7 Å². The van der Waals surface area contributed by atoms with Crippen molar-refractivity contribution in [1.29, 1.82) is 0 Å². The normalized spacial score (nSPS) is 11.2. The molecule has 0 unspecified atom stereocenters. The van der Waals surface area contributed by atoms with Crippen LogP contribution in [0.15, 0.2) is 67.1 Å². The van der Waals surface area contributed by atoms with Gasteiger partial charge in [-0.05, 0) is 29.8 Å². The SMILES string of the molecule is O=C(c1cnc2ccccc2n1)N(Cc1cccnc1)c1nc2c(F)cc(F)cc2s1. The first kappa shape index (κ1) is 19.1. The Kier molecular flexibility index (Phi) is 4.79. The van der Waals surface area contributed by atoms with E-state index >= 15 is 0 Å². The van der Waals surface area contributed by atoms with Gasteiger partial charge >= 0.3 is 0 Å². The molecule has 0 saturated heterocycles. The lowest BCUT2D eigenvalue weighted by molar-refractivity contribution is 0.0980. The number of carbonyl (C=O) groups is 1. The summed E-state index contributed by atoms with van der Waals surface area (Å²) in [6, 6.07) is 12.7. The summed E-state index contributed by atoms with van der Waals surface area (Å²) in [5.74, 6) is -1.94. The fourth-order valence-corrected chi connectivity index (χ4v) is 4.16. The van der Waals surface area contributed by atoms with Crippen LogP contribution in [0.1, 0.15) is 16.1 Å². The maximum atomic E-state index is 14.2. The second-order valence-corrected chi connectivity index (χ2v) is 7.74. The number of hydrogen-bond acceptors (Lipinski definition) is 6. The number of halogens is 2. The topological polar surface area (TPSA) is 71.9 Å². The second kappa shape index (κ2) is 7.77. The maximum absolute atomic E-state index is 14.2. The molecule has 5 rings (SSSR count). The molecule has 0 N–H and O–H groups in total. The van der Waals surface area contributed by atoms with Gasteiger partial charge in [-0.2, -0.15) is 0 Å². The molecule has 0 spiro atoms. The highest BCUT2D eigenvalue weighted by Crippen LogP contribution is 2.32. The van der Waals surface area contributed by atoms with Crippen molar-refractivity contribution in [2.45, 2.75) is 6.54 Å². The third-order valence-electron chi connectivity index (χ3n) is 4.61. The van der Waals surface area contributed by atoms with Crippen LogP contribution in [0.2, 0.25) is 0 Å². The van der Waals surface area contributed by atoms with E-state index < -0.39 is 17.5 Å². The van der Waals surface area contributed by atoms with Gasteiger partial charge in [0.2, 0.25) is 0 Å². The van der Waals surface area contributed by atoms with Crippen LogP contribution in [0, 0.1) is 11.6 Å². The number of para-hydroxylation sites is 2. The van der Waals surface area contributed by atoms with E-state index in [0.717, 1.165) is 23.0 Å². The third kappa shape index (κ3) is 3.71. The van der Waals surface area contributed by atoms with Crippen LogP contribution in [0.25, 0.3) is 21.3 Å². The molecule has 0 fully saturated rings. The Labute approximate surface area is 178 Å². The monoisotopic (exact) mass is 433 g/mol. The van der Waals surface area contributed by atoms with Crippen LogP contribution in [0.3, 0.4) is 0 Å². The lowest BCUT2D eigenvalue weighted by Crippen LogP contribution is -2.31. The highest BCUT2D eigenvalue weighted by Gasteiger charge is 2.24. The number of fused-ring (bicyclic) bond motifs is 2. The predicted octanol–water partition coefficient (Wildman–Crippen LogP) is 4.76. The molecule has 0 saturated carbocycles. The third-order valence-corrected chi connectivity index (χ3v) is 5.63. The molecular weight excluding hydrogens is 420 g/mol. The Morgan fingerprint density at radius 3 is 2.65 bits per heavy atom. The highest BCUT2D eigenvalue weighted by molar-refractivity contribution is 7.22. The van der Waals surface area contributed by atoms with Crippen LogP contribution in [-0.2, 0) is 6.54 Å². The van der Waals surface area contributed by atoms with E-state index in [9.17, 15) is 13.6 Å². The van der Waals surface area contributed by atoms with Gasteiger partial charge < -0.3 is 0 Å². The zero-order chi connectivity index (χ0) is 21.4. The summed E-state index contributed by atoms with van der Waals surface area (Å²) in [6.07, 6.45) is 4.65. The predicted molar refractivity (Wildman–Crippen MR) is 114 cm³/mol. The molecule has 31 heavy (non-hydrogen) atoms. The number of rotatable bonds is 4. The quantitative estimate of drug-likeness (QED) is 0.409. The molecular formula is C22H13F2N5OS. The minimum Gasteiger partial charge on any atom is -0.278 e. The largest absolute Gasteiger partial charge is 0.280 e. The first-order chi connectivity index (χ1) is 15.1. The fourth-order valence-electron chi connectivity index (χ4n) is 3.16. The summed E-state index contributed by atoms with van der Waals surface area (Å²) in [7, 11) is 0. The number of pyridine rings is 1. The molecule has 0 bridgehead atoms. The van der Waals surface area contributed by atoms with Crippen molar-refractivity contribution < 1.29 is 13.6 Å². The van der Waals surface area contributed by atoms with Crippen LogP contribution < -0.4 is 4.90 Å². The van der Waals surface area contributed by atoms with Crippen molar-refractivity contribution in [2.24, 2.45) is 0 Å². The summed E-state index contributed by atoms with van der Waals surface area (Å²) in [6.45, 7) is 0.130. The molecule has 0 radical (unpaired) electrons. The van der Waals surface area contributed by atoms with Crippen LogP contribution in [0.5, 0.6) is 0 Å². The van der Waals surface area contributed by atoms with Gasteiger partial charge in [0.05, 0.1) is 28.5 Å². The first-order valence-electron chi connectivity index (χ1n) is 9.26. The molecule has 0 atom stereocenters. The van der Waals surface area contributed by atoms with E-state index in [1.165, 1.54) is 17.2 Å². The Hall–Kier alpha value is -3.85. The number of amides is 1. The van der Waals surface area contributed by atoms with Gasteiger partial charge in [-0.1, -0.05) is 29.5 Å². The van der Waals surface area contributed by atoms with E-state index in [0.29, 0.717) is 15.7 Å². The van der Waals surface area contributed by atoms with Crippen LogP contribution in [-0.4, -0.2) is 25.8 Å². The van der Waals surface area contributed by atoms with Crippen molar-refractivity contribution in [2.75, 3.05) is 4.90 Å². The van der Waals surface area contributed by atoms with E-state index in [2.05, 4.69) is 19.9 Å². The van der Waals surface area contributed by atoms with Crippen LogP contribution >= 0.6 is 11.3 Å². The van der Waals surface area contributed by atoms with E-state index in [-0.39, 0.29) is 22.9 Å². The number of aromatic nitrogens is 4. The van der Waals surface area contributed by atoms with Crippen molar-refractivity contribution in [3.63, 3.8) is 0 Å². The van der Waals surface area contributed by atoms with Crippen molar-refractivity contribution in [3.8, 4) is 0 Å². The van der Waals surface area contributed by atoms with Crippen LogP contribution in [0.4, 0.5) is 13.9 Å². The van der Waals surface area contributed by atoms with Gasteiger partial charge in [0, 0.05) is 18.5 Å². The number of benzene rings is 2. The van der Waals surface area contributed by atoms with Crippen molar-refractivity contribution in [1.82, 2.24) is 19.9 Å². The Bertz CT molecular complexity index is 1420. The molecule has 5 aromatic rings. The van der Waals surface area contributed by atoms with Gasteiger partial charge in [0.1, 0.15) is 17.0 Å². The average Bonchev–Trinajstić information content (AvgIpc) is 3.21. The standard InChI is InChI=1S/C22H13F2N5OS/c23-14-8-15(24)20-19(9-14)31-22(28-20)29(12-13-4-3-7-25-10-13)21(30)18-11-26-16-5-1-2-6-17(16)27-18/h1-11H,12H2. The number of anilines is 1. The highest BCUT2D eigenvalue weighted by atomic mass is 32.1. The summed E-state index contributed by atoms with van der Waals surface area (Å²) in [4.78, 5) is 31.9. The molecule has 0 aliphatic carbocycles. The van der Waals surface area contributed by atoms with Gasteiger partial charge in [-0.3, -0.25) is 19.7 Å². The fraction of sp³-hybridized carbons (Fsp3) is 0.0455. The minimum atomic E-state index is -0.781. The molecule has 3 heterocycles. The number of nitrogens with zero attached hydrogens (tertiary/aromatic N) is 5. The zero-order valence-corrected chi connectivity index (χ0v) is 16.7. The summed E-state index contributed by atoms with van der Waals surface area (Å²) < 4.78 is 28.2. The number of carbonyl (C=O) groups excluding carboxylic acids is 1. The Morgan fingerprint density at radius 2 is 1.84 bits per heavy atom. The number of hydrogen-bond donors (Lipinski definition) is 0. The van der Waals surface area contributed by atoms with Gasteiger partial charge in [-0.15, -0.1) is 0 Å². The second-order valence-electron chi connectivity index (χ2n) is 6.73. The molecule has 6 nitrogen and oxygen atoms in total. The van der Waals surface area contributed by atoms with E-state index in [4.69, 9.17) is 0 Å². The Balaban J connectivity index is 1.61. The van der Waals surface area contributed by atoms with Crippen molar-refractivity contribution >= 4 is 43.6 Å². The molecule has 0 aliphatic rings. The number of thiazole rings is 1. The molecule has 2 aromatic carbocycles. The molecule has 3 aromatic heterocycles. The lowest BCUT2D eigenvalue weighted by Gasteiger charge is -2.19. The lowest BCUT2D eigenvalue weighted by atomic mass is 10.2. The van der Waals surface area contributed by atoms with E-state index in [1.807, 2.05) is 18.2 Å². The first-order valence-corrected chi connectivity index (χ1v) is 10.1. The summed E-state index contributed by atoms with van der Waals surface area (Å²) in [5, 5.41) is 0.225. The molecule has 1 amide bonds. The molecule has 0 aliphatic heterocycles. The van der Waals surface area contributed by atoms with Gasteiger partial charge in [0.25, 0.3) is 5.91 Å². The average molecular weight is 433 g/mol. The van der Waals surface area contributed by atoms with Crippen molar-refractivity contribution in [3.05, 3.63) is 90.0 Å². The molecule has 152 valence electrons. The smallest absolute Gasteiger partial charge is 0.278 e.